The van der Waals surface area contributed by atoms with Crippen LogP contribution in [0.5, 0.6) is 0 Å². The first kappa shape index (κ1) is 22.4. The van der Waals surface area contributed by atoms with Gasteiger partial charge in [0.25, 0.3) is 5.91 Å². The number of amides is 4. The molecule has 31 heavy (non-hydrogen) atoms. The second-order valence-corrected chi connectivity index (χ2v) is 8.42. The van der Waals surface area contributed by atoms with Crippen molar-refractivity contribution < 1.29 is 29.0 Å². The number of rotatable bonds is 8. The van der Waals surface area contributed by atoms with Gasteiger partial charge in [-0.3, -0.25) is 15.0 Å². The van der Waals surface area contributed by atoms with Crippen LogP contribution >= 0.6 is 0 Å². The van der Waals surface area contributed by atoms with Crippen molar-refractivity contribution in [3.63, 3.8) is 0 Å². The van der Waals surface area contributed by atoms with Gasteiger partial charge in [0.15, 0.2) is 0 Å². The number of ether oxygens (including phenoxy) is 1. The summed E-state index contributed by atoms with van der Waals surface area (Å²) in [6.45, 7) is 2.37. The second kappa shape index (κ2) is 9.67. The van der Waals surface area contributed by atoms with E-state index in [0.29, 0.717) is 24.4 Å². The highest BCUT2D eigenvalue weighted by Gasteiger charge is 2.42. The number of hydrogen-bond donors (Lipinski definition) is 4. The van der Waals surface area contributed by atoms with Crippen LogP contribution in [0.3, 0.4) is 0 Å². The highest BCUT2D eigenvalue weighted by molar-refractivity contribution is 5.87. The van der Waals surface area contributed by atoms with Crippen LogP contribution in [0, 0.1) is 11.3 Å². The fourth-order valence-electron chi connectivity index (χ4n) is 3.45. The number of carbonyl (C=O) groups excluding carboxylic acids is 3. The molecule has 2 fully saturated rings. The third-order valence-electron chi connectivity index (χ3n) is 5.66. The molecule has 0 unspecified atom stereocenters. The standard InChI is InChI=1S/C21H28N4O6/c1-21(8-9-21)11-16(23-19(28)31-13-14-5-3-2-4-6-14)18(27)24-25(20(29)30)12-15-7-10-22-17(15)26/h2-6,15-16H,7-13H2,1H3,(H,22,26)(H,23,28)(H,24,27)(H,29,30)/t15-,16-/m0/s1. The van der Waals surface area contributed by atoms with Gasteiger partial charge in [-0.1, -0.05) is 37.3 Å². The Morgan fingerprint density at radius 3 is 2.58 bits per heavy atom. The van der Waals surface area contributed by atoms with Crippen LogP contribution in [0.1, 0.15) is 38.2 Å². The van der Waals surface area contributed by atoms with Gasteiger partial charge in [0.2, 0.25) is 5.91 Å². The molecule has 1 aliphatic heterocycles. The maximum absolute atomic E-state index is 12.8. The van der Waals surface area contributed by atoms with E-state index in [4.69, 9.17) is 4.74 Å². The molecular weight excluding hydrogens is 404 g/mol. The van der Waals surface area contributed by atoms with E-state index in [1.165, 1.54) is 0 Å². The van der Waals surface area contributed by atoms with E-state index in [-0.39, 0.29) is 24.5 Å². The predicted octanol–water partition coefficient (Wildman–Crippen LogP) is 1.62. The van der Waals surface area contributed by atoms with E-state index in [9.17, 15) is 24.3 Å². The molecule has 4 amide bonds. The van der Waals surface area contributed by atoms with Gasteiger partial charge in [0.1, 0.15) is 12.6 Å². The molecule has 1 saturated heterocycles. The molecule has 0 aromatic heterocycles. The van der Waals surface area contributed by atoms with Crippen molar-refractivity contribution in [1.82, 2.24) is 21.1 Å². The molecule has 0 radical (unpaired) electrons. The molecule has 10 nitrogen and oxygen atoms in total. The van der Waals surface area contributed by atoms with Gasteiger partial charge in [-0.05, 0) is 36.7 Å². The third-order valence-corrected chi connectivity index (χ3v) is 5.66. The SMILES string of the molecule is CC1(C[C@H](NC(=O)OCc2ccccc2)C(=O)NN(C[C@@H]2CCNC2=O)C(=O)O)CC1. The van der Waals surface area contributed by atoms with E-state index in [1.807, 2.05) is 37.3 Å². The molecule has 1 heterocycles. The molecule has 10 heteroatoms. The summed E-state index contributed by atoms with van der Waals surface area (Å²) in [7, 11) is 0. The lowest BCUT2D eigenvalue weighted by Crippen LogP contribution is -2.55. The summed E-state index contributed by atoms with van der Waals surface area (Å²) in [5.74, 6) is -1.43. The Morgan fingerprint density at radius 2 is 2.00 bits per heavy atom. The maximum Gasteiger partial charge on any atom is 0.426 e. The van der Waals surface area contributed by atoms with Crippen molar-refractivity contribution >= 4 is 24.0 Å². The quantitative estimate of drug-likeness (QED) is 0.461. The first-order valence-electron chi connectivity index (χ1n) is 10.3. The van der Waals surface area contributed by atoms with Crippen LogP contribution in [0.2, 0.25) is 0 Å². The lowest BCUT2D eigenvalue weighted by molar-refractivity contribution is -0.129. The number of hydrazine groups is 1. The van der Waals surface area contributed by atoms with Crippen molar-refractivity contribution in [2.24, 2.45) is 11.3 Å². The Hall–Kier alpha value is -3.30. The summed E-state index contributed by atoms with van der Waals surface area (Å²) in [5, 5.41) is 15.4. The summed E-state index contributed by atoms with van der Waals surface area (Å²) in [5.41, 5.74) is 3.05. The highest BCUT2D eigenvalue weighted by Crippen LogP contribution is 2.48. The van der Waals surface area contributed by atoms with E-state index in [0.717, 1.165) is 18.4 Å². The molecule has 1 aliphatic carbocycles. The minimum absolute atomic E-state index is 0.0519. The Morgan fingerprint density at radius 1 is 1.29 bits per heavy atom. The van der Waals surface area contributed by atoms with Crippen molar-refractivity contribution in [2.45, 2.75) is 45.3 Å². The number of carboxylic acid groups (broad SMARTS) is 1. The minimum Gasteiger partial charge on any atom is -0.464 e. The van der Waals surface area contributed by atoms with E-state index in [2.05, 4.69) is 16.1 Å². The van der Waals surface area contributed by atoms with Crippen molar-refractivity contribution in [1.29, 1.82) is 0 Å². The van der Waals surface area contributed by atoms with Crippen LogP contribution in [0.25, 0.3) is 0 Å². The molecule has 3 rings (SSSR count). The molecule has 1 aromatic carbocycles. The Kier molecular flexibility index (Phi) is 6.98. The van der Waals surface area contributed by atoms with Crippen LogP contribution in [-0.4, -0.2) is 53.2 Å². The zero-order valence-electron chi connectivity index (χ0n) is 17.4. The van der Waals surface area contributed by atoms with Crippen LogP contribution < -0.4 is 16.1 Å². The maximum atomic E-state index is 12.8. The molecule has 4 N–H and O–H groups in total. The lowest BCUT2D eigenvalue weighted by atomic mass is 9.99. The number of benzene rings is 1. The van der Waals surface area contributed by atoms with Gasteiger partial charge < -0.3 is 20.5 Å². The predicted molar refractivity (Wildman–Crippen MR) is 109 cm³/mol. The van der Waals surface area contributed by atoms with E-state index < -0.39 is 30.1 Å². The smallest absolute Gasteiger partial charge is 0.426 e. The Balaban J connectivity index is 1.59. The largest absolute Gasteiger partial charge is 0.464 e. The van der Waals surface area contributed by atoms with Crippen molar-refractivity contribution in [3.05, 3.63) is 35.9 Å². The lowest BCUT2D eigenvalue weighted by Gasteiger charge is -2.26. The van der Waals surface area contributed by atoms with Crippen molar-refractivity contribution in [3.8, 4) is 0 Å². The molecule has 0 spiro atoms. The third kappa shape index (κ3) is 6.59. The summed E-state index contributed by atoms with van der Waals surface area (Å²) in [4.78, 5) is 48.5. The number of alkyl carbamates (subject to hydrolysis) is 1. The fraction of sp³-hybridized carbons (Fsp3) is 0.524. The topological polar surface area (TPSA) is 137 Å². The molecule has 0 bridgehead atoms. The normalized spacial score (nSPS) is 19.6. The van der Waals surface area contributed by atoms with Crippen molar-refractivity contribution in [2.75, 3.05) is 13.1 Å². The first-order chi connectivity index (χ1) is 14.8. The Labute approximate surface area is 180 Å². The summed E-state index contributed by atoms with van der Waals surface area (Å²) in [6, 6.07) is 8.16. The molecule has 2 atom stereocenters. The van der Waals surface area contributed by atoms with E-state index in [1.54, 1.807) is 0 Å². The molecule has 1 saturated carbocycles. The number of nitrogens with one attached hydrogen (secondary N) is 3. The first-order valence-corrected chi connectivity index (χ1v) is 10.3. The average Bonchev–Trinajstić information content (AvgIpc) is 3.33. The summed E-state index contributed by atoms with van der Waals surface area (Å²) < 4.78 is 5.20. The average molecular weight is 432 g/mol. The van der Waals surface area contributed by atoms with Crippen LogP contribution in [-0.2, 0) is 20.9 Å². The van der Waals surface area contributed by atoms with Crippen LogP contribution in [0.4, 0.5) is 9.59 Å². The highest BCUT2D eigenvalue weighted by atomic mass is 16.5. The molecule has 168 valence electrons. The Bertz CT molecular complexity index is 826. The van der Waals surface area contributed by atoms with E-state index >= 15 is 0 Å². The van der Waals surface area contributed by atoms with Gasteiger partial charge in [-0.25, -0.2) is 14.6 Å². The second-order valence-electron chi connectivity index (χ2n) is 8.42. The summed E-state index contributed by atoms with van der Waals surface area (Å²) >= 11 is 0. The minimum atomic E-state index is -1.38. The van der Waals surface area contributed by atoms with Crippen LogP contribution in [0.15, 0.2) is 30.3 Å². The number of carbonyl (C=O) groups is 4. The zero-order chi connectivity index (χ0) is 22.4. The molecular formula is C21H28N4O6. The van der Waals surface area contributed by atoms with Gasteiger partial charge in [-0.2, -0.15) is 0 Å². The van der Waals surface area contributed by atoms with Gasteiger partial charge >= 0.3 is 12.2 Å². The zero-order valence-corrected chi connectivity index (χ0v) is 17.4. The summed E-state index contributed by atoms with van der Waals surface area (Å²) in [6.07, 6.45) is 0.548. The monoisotopic (exact) mass is 432 g/mol. The van der Waals surface area contributed by atoms with Gasteiger partial charge in [-0.15, -0.1) is 0 Å². The number of hydrogen-bond acceptors (Lipinski definition) is 5. The van der Waals surface area contributed by atoms with Gasteiger partial charge in [0.05, 0.1) is 12.5 Å². The van der Waals surface area contributed by atoms with Gasteiger partial charge in [0, 0.05) is 6.54 Å². The number of nitrogens with zero attached hydrogens (tertiary/aromatic N) is 1. The molecule has 2 aliphatic rings. The fourth-order valence-corrected chi connectivity index (χ4v) is 3.45. The molecule has 1 aromatic rings.